The summed E-state index contributed by atoms with van der Waals surface area (Å²) in [5, 5.41) is 0. The number of carbonyl (C=O) groups excluding carboxylic acids is 1. The number of alkyl halides is 4. The van der Waals surface area contributed by atoms with E-state index in [1.165, 1.54) is 12.1 Å². The molecular weight excluding hydrogens is 381 g/mol. The van der Waals surface area contributed by atoms with Crippen LogP contribution in [0.15, 0.2) is 24.3 Å². The van der Waals surface area contributed by atoms with Crippen molar-refractivity contribution in [1.82, 2.24) is 4.90 Å². The highest BCUT2D eigenvalue weighted by Crippen LogP contribution is 2.18. The van der Waals surface area contributed by atoms with Crippen molar-refractivity contribution in [3.8, 4) is 0 Å². The lowest BCUT2D eigenvalue weighted by Gasteiger charge is -2.23. The average Bonchev–Trinajstić information content (AvgIpc) is 2.27. The van der Waals surface area contributed by atoms with Crippen molar-refractivity contribution in [3.63, 3.8) is 0 Å². The molecule has 0 spiro atoms. The van der Waals surface area contributed by atoms with Crippen LogP contribution in [0.4, 0.5) is 13.2 Å². The fourth-order valence-corrected chi connectivity index (χ4v) is 1.91. The molecule has 0 fully saturated rings. The van der Waals surface area contributed by atoms with Crippen LogP contribution >= 0.6 is 34.2 Å². The first-order valence-electron chi connectivity index (χ1n) is 5.01. The summed E-state index contributed by atoms with van der Waals surface area (Å²) in [6, 6.07) is 6.34. The molecule has 1 rings (SSSR count). The van der Waals surface area contributed by atoms with Gasteiger partial charge in [-0.15, -0.1) is 11.6 Å². The standard InChI is InChI=1S/C11H10ClF3INO/c12-5-6-17(7-11(13,14)15)10(18)8-1-3-9(16)4-2-8/h1-4H,5-7H2. The van der Waals surface area contributed by atoms with Crippen LogP contribution in [-0.2, 0) is 0 Å². The molecule has 0 atom stereocenters. The normalized spacial score (nSPS) is 11.4. The summed E-state index contributed by atoms with van der Waals surface area (Å²) in [5.74, 6) is -0.698. The maximum Gasteiger partial charge on any atom is 0.406 e. The number of hydrogen-bond donors (Lipinski definition) is 0. The Hall–Kier alpha value is -0.500. The topological polar surface area (TPSA) is 20.3 Å². The summed E-state index contributed by atoms with van der Waals surface area (Å²) in [6.45, 7) is -1.42. The molecule has 2 nitrogen and oxygen atoms in total. The second kappa shape index (κ2) is 6.60. The lowest BCUT2D eigenvalue weighted by atomic mass is 10.2. The van der Waals surface area contributed by atoms with Crippen LogP contribution in [0.2, 0.25) is 0 Å². The number of rotatable bonds is 4. The van der Waals surface area contributed by atoms with Gasteiger partial charge in [0.25, 0.3) is 5.91 Å². The molecule has 1 aromatic rings. The second-order valence-electron chi connectivity index (χ2n) is 3.54. The van der Waals surface area contributed by atoms with E-state index >= 15 is 0 Å². The quantitative estimate of drug-likeness (QED) is 0.568. The first kappa shape index (κ1) is 15.6. The van der Waals surface area contributed by atoms with Crippen molar-refractivity contribution >= 4 is 40.1 Å². The molecule has 0 saturated carbocycles. The van der Waals surface area contributed by atoms with E-state index in [0.717, 1.165) is 3.57 Å². The van der Waals surface area contributed by atoms with Gasteiger partial charge in [-0.3, -0.25) is 4.79 Å². The summed E-state index contributed by atoms with van der Waals surface area (Å²) >= 11 is 7.47. The molecule has 0 unspecified atom stereocenters. The summed E-state index contributed by atoms with van der Waals surface area (Å²) < 4.78 is 37.9. The number of hydrogen-bond acceptors (Lipinski definition) is 1. The van der Waals surface area contributed by atoms with Gasteiger partial charge >= 0.3 is 6.18 Å². The maximum absolute atomic E-state index is 12.3. The zero-order valence-corrected chi connectivity index (χ0v) is 12.1. The highest BCUT2D eigenvalue weighted by Gasteiger charge is 2.33. The van der Waals surface area contributed by atoms with E-state index in [4.69, 9.17) is 11.6 Å². The van der Waals surface area contributed by atoms with E-state index in [9.17, 15) is 18.0 Å². The molecule has 0 bridgehead atoms. The molecule has 0 N–H and O–H groups in total. The van der Waals surface area contributed by atoms with Gasteiger partial charge in [-0.25, -0.2) is 0 Å². The van der Waals surface area contributed by atoms with Crippen LogP contribution in [0, 0.1) is 3.57 Å². The van der Waals surface area contributed by atoms with Crippen molar-refractivity contribution in [3.05, 3.63) is 33.4 Å². The Bertz CT molecular complexity index is 408. The van der Waals surface area contributed by atoms with Crippen LogP contribution in [0.3, 0.4) is 0 Å². The Morgan fingerprint density at radius 2 is 1.83 bits per heavy atom. The number of benzene rings is 1. The van der Waals surface area contributed by atoms with Gasteiger partial charge in [0.15, 0.2) is 0 Å². The van der Waals surface area contributed by atoms with Gasteiger partial charge in [-0.1, -0.05) is 0 Å². The SMILES string of the molecule is O=C(c1ccc(I)cc1)N(CCCl)CC(F)(F)F. The monoisotopic (exact) mass is 391 g/mol. The highest BCUT2D eigenvalue weighted by molar-refractivity contribution is 14.1. The first-order chi connectivity index (χ1) is 8.33. The van der Waals surface area contributed by atoms with Gasteiger partial charge in [0, 0.05) is 21.6 Å². The van der Waals surface area contributed by atoms with E-state index in [0.29, 0.717) is 4.90 Å². The maximum atomic E-state index is 12.3. The number of nitrogens with zero attached hydrogens (tertiary/aromatic N) is 1. The Morgan fingerprint density at radius 3 is 2.28 bits per heavy atom. The van der Waals surface area contributed by atoms with Crippen molar-refractivity contribution < 1.29 is 18.0 Å². The van der Waals surface area contributed by atoms with E-state index in [1.54, 1.807) is 12.1 Å². The van der Waals surface area contributed by atoms with Crippen LogP contribution in [0.1, 0.15) is 10.4 Å². The zero-order valence-electron chi connectivity index (χ0n) is 9.18. The van der Waals surface area contributed by atoms with Crippen molar-refractivity contribution in [2.45, 2.75) is 6.18 Å². The molecule has 18 heavy (non-hydrogen) atoms. The molecule has 0 aliphatic heterocycles. The summed E-state index contributed by atoms with van der Waals surface area (Å²) in [7, 11) is 0. The predicted octanol–water partition coefficient (Wildman–Crippen LogP) is 3.53. The van der Waals surface area contributed by atoms with E-state index in [2.05, 4.69) is 22.6 Å². The second-order valence-corrected chi connectivity index (χ2v) is 5.16. The van der Waals surface area contributed by atoms with E-state index in [-0.39, 0.29) is 18.0 Å². The lowest BCUT2D eigenvalue weighted by molar-refractivity contribution is -0.140. The summed E-state index contributed by atoms with van der Waals surface area (Å²) in [6.07, 6.45) is -4.43. The predicted molar refractivity (Wildman–Crippen MR) is 71.8 cm³/mol. The van der Waals surface area contributed by atoms with E-state index in [1.807, 2.05) is 0 Å². The van der Waals surface area contributed by atoms with Crippen LogP contribution in [-0.4, -0.2) is 36.0 Å². The van der Waals surface area contributed by atoms with Crippen molar-refractivity contribution in [2.75, 3.05) is 19.0 Å². The average molecular weight is 392 g/mol. The third kappa shape index (κ3) is 5.01. The molecule has 0 aliphatic carbocycles. The smallest absolute Gasteiger partial charge is 0.328 e. The van der Waals surface area contributed by atoms with Gasteiger partial charge in [-0.05, 0) is 46.9 Å². The molecule has 100 valence electrons. The molecule has 7 heteroatoms. The molecule has 0 saturated heterocycles. The lowest BCUT2D eigenvalue weighted by Crippen LogP contribution is -2.40. The first-order valence-corrected chi connectivity index (χ1v) is 6.62. The third-order valence-corrected chi connectivity index (χ3v) is 2.99. The molecule has 0 aromatic heterocycles. The Kier molecular flexibility index (Phi) is 5.71. The fraction of sp³-hybridized carbons (Fsp3) is 0.364. The van der Waals surface area contributed by atoms with Crippen LogP contribution < -0.4 is 0 Å². The molecule has 0 radical (unpaired) electrons. The Balaban J connectivity index is 2.85. The summed E-state index contributed by atoms with van der Waals surface area (Å²) in [5.41, 5.74) is 0.227. The number of carbonyl (C=O) groups is 1. The minimum absolute atomic E-state index is 0.0355. The van der Waals surface area contributed by atoms with Crippen molar-refractivity contribution in [1.29, 1.82) is 0 Å². The molecule has 0 aliphatic rings. The van der Waals surface area contributed by atoms with Gasteiger partial charge in [0.05, 0.1) is 0 Å². The van der Waals surface area contributed by atoms with Gasteiger partial charge < -0.3 is 4.90 Å². The van der Waals surface area contributed by atoms with Crippen molar-refractivity contribution in [2.24, 2.45) is 0 Å². The molecule has 0 heterocycles. The zero-order chi connectivity index (χ0) is 13.8. The van der Waals surface area contributed by atoms with E-state index < -0.39 is 18.6 Å². The fourth-order valence-electron chi connectivity index (χ4n) is 1.35. The highest BCUT2D eigenvalue weighted by atomic mass is 127. The molecular formula is C11H10ClF3INO. The van der Waals surface area contributed by atoms with Gasteiger partial charge in [0.1, 0.15) is 6.54 Å². The summed E-state index contributed by atoms with van der Waals surface area (Å²) in [4.78, 5) is 12.6. The Morgan fingerprint density at radius 1 is 1.28 bits per heavy atom. The van der Waals surface area contributed by atoms with Crippen LogP contribution in [0.25, 0.3) is 0 Å². The van der Waals surface area contributed by atoms with Crippen LogP contribution in [0.5, 0.6) is 0 Å². The Labute approximate surface area is 121 Å². The number of amides is 1. The van der Waals surface area contributed by atoms with Gasteiger partial charge in [0.2, 0.25) is 0 Å². The minimum atomic E-state index is -4.43. The molecule has 1 aromatic carbocycles. The minimum Gasteiger partial charge on any atom is -0.328 e. The number of halogens is 5. The molecule has 1 amide bonds. The van der Waals surface area contributed by atoms with Gasteiger partial charge in [-0.2, -0.15) is 13.2 Å². The third-order valence-electron chi connectivity index (χ3n) is 2.10. The largest absolute Gasteiger partial charge is 0.406 e.